The van der Waals surface area contributed by atoms with E-state index in [2.05, 4.69) is 28.5 Å². The molecule has 0 bridgehead atoms. The molecule has 1 aliphatic rings. The van der Waals surface area contributed by atoms with Crippen LogP contribution in [-0.4, -0.2) is 11.5 Å². The standard InChI is InChI=1S/C16H16Cl2N2S/c1-2-19-15-13(17)9-14(18)16(20-15)21-12-7-6-10-4-3-5-11(10)8-12/h6-9H,2-5H2,1H3,(H,19,20). The van der Waals surface area contributed by atoms with E-state index in [0.717, 1.165) is 11.6 Å². The van der Waals surface area contributed by atoms with Crippen LogP contribution in [-0.2, 0) is 12.8 Å². The van der Waals surface area contributed by atoms with Gasteiger partial charge in [0.05, 0.1) is 10.0 Å². The maximum atomic E-state index is 6.27. The molecule has 1 aliphatic carbocycles. The monoisotopic (exact) mass is 338 g/mol. The van der Waals surface area contributed by atoms with E-state index < -0.39 is 0 Å². The van der Waals surface area contributed by atoms with E-state index in [1.165, 1.54) is 35.3 Å². The molecule has 0 saturated heterocycles. The van der Waals surface area contributed by atoms with Gasteiger partial charge in [-0.1, -0.05) is 41.0 Å². The Morgan fingerprint density at radius 2 is 1.95 bits per heavy atom. The summed E-state index contributed by atoms with van der Waals surface area (Å²) >= 11 is 14.0. The summed E-state index contributed by atoms with van der Waals surface area (Å²) in [7, 11) is 0. The zero-order valence-electron chi connectivity index (χ0n) is 11.7. The summed E-state index contributed by atoms with van der Waals surface area (Å²) in [5.74, 6) is 0.687. The van der Waals surface area contributed by atoms with Crippen molar-refractivity contribution in [3.8, 4) is 0 Å². The highest BCUT2D eigenvalue weighted by Gasteiger charge is 2.14. The molecular formula is C16H16Cl2N2S. The largest absolute Gasteiger partial charge is 0.369 e. The maximum Gasteiger partial charge on any atom is 0.146 e. The molecule has 0 unspecified atom stereocenters. The van der Waals surface area contributed by atoms with E-state index in [4.69, 9.17) is 23.2 Å². The van der Waals surface area contributed by atoms with Gasteiger partial charge in [0.25, 0.3) is 0 Å². The minimum absolute atomic E-state index is 0.556. The lowest BCUT2D eigenvalue weighted by atomic mass is 10.1. The van der Waals surface area contributed by atoms with Crippen LogP contribution in [0, 0.1) is 0 Å². The van der Waals surface area contributed by atoms with Gasteiger partial charge in [-0.2, -0.15) is 0 Å². The van der Waals surface area contributed by atoms with Crippen molar-refractivity contribution in [2.45, 2.75) is 36.1 Å². The minimum Gasteiger partial charge on any atom is -0.369 e. The Labute approximate surface area is 139 Å². The first-order valence-corrected chi connectivity index (χ1v) is 8.64. The molecule has 5 heteroatoms. The van der Waals surface area contributed by atoms with E-state index in [-0.39, 0.29) is 0 Å². The summed E-state index contributed by atoms with van der Waals surface area (Å²) in [6.45, 7) is 2.79. The number of benzene rings is 1. The first kappa shape index (κ1) is 15.0. The van der Waals surface area contributed by atoms with Crippen molar-refractivity contribution in [1.82, 2.24) is 4.98 Å². The Morgan fingerprint density at radius 3 is 2.76 bits per heavy atom. The van der Waals surface area contributed by atoms with Crippen LogP contribution in [0.4, 0.5) is 5.82 Å². The molecule has 2 nitrogen and oxygen atoms in total. The number of pyridine rings is 1. The van der Waals surface area contributed by atoms with Crippen molar-refractivity contribution in [3.05, 3.63) is 45.4 Å². The van der Waals surface area contributed by atoms with E-state index in [9.17, 15) is 0 Å². The number of aromatic nitrogens is 1. The van der Waals surface area contributed by atoms with E-state index in [0.29, 0.717) is 15.9 Å². The van der Waals surface area contributed by atoms with Crippen molar-refractivity contribution in [1.29, 1.82) is 0 Å². The number of hydrogen-bond acceptors (Lipinski definition) is 3. The Bertz CT molecular complexity index is 674. The second kappa shape index (κ2) is 6.47. The topological polar surface area (TPSA) is 24.9 Å². The molecule has 1 heterocycles. The number of fused-ring (bicyclic) bond motifs is 1. The van der Waals surface area contributed by atoms with Crippen LogP contribution in [0.1, 0.15) is 24.5 Å². The normalized spacial score (nSPS) is 13.3. The Kier molecular flexibility index (Phi) is 4.63. The summed E-state index contributed by atoms with van der Waals surface area (Å²) in [5, 5.41) is 5.09. The fourth-order valence-electron chi connectivity index (χ4n) is 2.54. The average molecular weight is 339 g/mol. The van der Waals surface area contributed by atoms with Crippen LogP contribution in [0.2, 0.25) is 10.0 Å². The van der Waals surface area contributed by atoms with Gasteiger partial charge in [0.2, 0.25) is 0 Å². The quantitative estimate of drug-likeness (QED) is 0.801. The average Bonchev–Trinajstić information content (AvgIpc) is 2.92. The highest BCUT2D eigenvalue weighted by atomic mass is 35.5. The number of aryl methyl sites for hydroxylation is 2. The summed E-state index contributed by atoms with van der Waals surface area (Å²) in [6, 6.07) is 8.38. The van der Waals surface area contributed by atoms with Crippen LogP contribution in [0.3, 0.4) is 0 Å². The van der Waals surface area contributed by atoms with Gasteiger partial charge in [0, 0.05) is 11.4 Å². The van der Waals surface area contributed by atoms with E-state index >= 15 is 0 Å². The molecule has 0 saturated carbocycles. The highest BCUT2D eigenvalue weighted by Crippen LogP contribution is 2.37. The molecule has 0 radical (unpaired) electrons. The zero-order valence-corrected chi connectivity index (χ0v) is 14.1. The predicted octanol–water partition coefficient (Wildman–Crippen LogP) is 5.46. The van der Waals surface area contributed by atoms with Gasteiger partial charge in [-0.25, -0.2) is 4.98 Å². The molecule has 0 atom stereocenters. The van der Waals surface area contributed by atoms with E-state index in [1.807, 2.05) is 6.92 Å². The molecule has 1 aromatic carbocycles. The lowest BCUT2D eigenvalue weighted by Gasteiger charge is -2.10. The highest BCUT2D eigenvalue weighted by molar-refractivity contribution is 7.99. The van der Waals surface area contributed by atoms with Gasteiger partial charge >= 0.3 is 0 Å². The van der Waals surface area contributed by atoms with Gasteiger partial charge in [-0.3, -0.25) is 0 Å². The van der Waals surface area contributed by atoms with Crippen LogP contribution in [0.25, 0.3) is 0 Å². The van der Waals surface area contributed by atoms with Crippen LogP contribution >= 0.6 is 35.0 Å². The van der Waals surface area contributed by atoms with Crippen molar-refractivity contribution in [3.63, 3.8) is 0 Å². The van der Waals surface area contributed by atoms with Crippen LogP contribution in [0.15, 0.2) is 34.2 Å². The lowest BCUT2D eigenvalue weighted by molar-refractivity contribution is 0.911. The second-order valence-electron chi connectivity index (χ2n) is 5.02. The number of hydrogen-bond donors (Lipinski definition) is 1. The molecule has 21 heavy (non-hydrogen) atoms. The second-order valence-corrected chi connectivity index (χ2v) is 6.90. The molecule has 1 aromatic heterocycles. The molecule has 3 rings (SSSR count). The molecular weight excluding hydrogens is 323 g/mol. The van der Waals surface area contributed by atoms with Crippen molar-refractivity contribution in [2.75, 3.05) is 11.9 Å². The fourth-order valence-corrected chi connectivity index (χ4v) is 3.93. The van der Waals surface area contributed by atoms with Crippen molar-refractivity contribution >= 4 is 40.8 Å². The third-order valence-corrected chi connectivity index (χ3v) is 5.21. The van der Waals surface area contributed by atoms with Gasteiger partial charge in [-0.15, -0.1) is 0 Å². The first-order valence-electron chi connectivity index (χ1n) is 7.07. The Morgan fingerprint density at radius 1 is 1.14 bits per heavy atom. The van der Waals surface area contributed by atoms with Crippen molar-refractivity contribution < 1.29 is 0 Å². The van der Waals surface area contributed by atoms with E-state index in [1.54, 1.807) is 17.8 Å². The SMILES string of the molecule is CCNc1nc(Sc2ccc3c(c2)CCC3)c(Cl)cc1Cl. The van der Waals surface area contributed by atoms with Crippen molar-refractivity contribution in [2.24, 2.45) is 0 Å². The fraction of sp³-hybridized carbons (Fsp3) is 0.312. The number of rotatable bonds is 4. The van der Waals surface area contributed by atoms with Crippen LogP contribution < -0.4 is 5.32 Å². The zero-order chi connectivity index (χ0) is 14.8. The Hall–Kier alpha value is -0.900. The Balaban J connectivity index is 1.88. The summed E-state index contributed by atoms with van der Waals surface area (Å²) in [6.07, 6.45) is 3.63. The lowest BCUT2D eigenvalue weighted by Crippen LogP contribution is -2.01. The summed E-state index contributed by atoms with van der Waals surface area (Å²) < 4.78 is 0. The number of anilines is 1. The van der Waals surface area contributed by atoms with Crippen LogP contribution in [0.5, 0.6) is 0 Å². The molecule has 0 fully saturated rings. The molecule has 0 spiro atoms. The first-order chi connectivity index (χ1) is 10.2. The van der Waals surface area contributed by atoms with Gasteiger partial charge in [-0.05, 0) is 55.5 Å². The van der Waals surface area contributed by atoms with Gasteiger partial charge < -0.3 is 5.32 Å². The molecule has 0 aliphatic heterocycles. The summed E-state index contributed by atoms with van der Waals surface area (Å²) in [4.78, 5) is 5.71. The maximum absolute atomic E-state index is 6.27. The number of halogens is 2. The number of nitrogens with zero attached hydrogens (tertiary/aromatic N) is 1. The molecule has 2 aromatic rings. The van der Waals surface area contributed by atoms with Gasteiger partial charge in [0.15, 0.2) is 0 Å². The number of nitrogens with one attached hydrogen (secondary N) is 1. The summed E-state index contributed by atoms with van der Waals surface area (Å²) in [5.41, 5.74) is 2.93. The van der Waals surface area contributed by atoms with Gasteiger partial charge in [0.1, 0.15) is 10.8 Å². The smallest absolute Gasteiger partial charge is 0.146 e. The third kappa shape index (κ3) is 3.31. The molecule has 110 valence electrons. The molecule has 0 amide bonds. The predicted molar refractivity (Wildman–Crippen MR) is 91.0 cm³/mol. The minimum atomic E-state index is 0.556. The third-order valence-electron chi connectivity index (χ3n) is 3.53. The molecule has 1 N–H and O–H groups in total.